The second-order valence-corrected chi connectivity index (χ2v) is 13.5. The monoisotopic (exact) mass is 444 g/mol. The van der Waals surface area contributed by atoms with E-state index in [1.165, 1.54) is 142 Å². The smallest absolute Gasteiger partial charge is 0.0260 e. The lowest BCUT2D eigenvalue weighted by Gasteiger charge is -2.60. The van der Waals surface area contributed by atoms with E-state index in [1.807, 2.05) is 0 Å². The van der Waals surface area contributed by atoms with Crippen LogP contribution in [0.1, 0.15) is 143 Å². The van der Waals surface area contributed by atoms with E-state index in [-0.39, 0.29) is 0 Å². The third-order valence-corrected chi connectivity index (χ3v) is 11.2. The van der Waals surface area contributed by atoms with Crippen molar-refractivity contribution < 1.29 is 0 Å². The molecule has 2 aliphatic carbocycles. The molecule has 2 heteroatoms. The molecule has 0 aromatic carbocycles. The highest BCUT2D eigenvalue weighted by atomic mass is 15.2. The van der Waals surface area contributed by atoms with Crippen LogP contribution in [0.3, 0.4) is 0 Å². The molecule has 0 unspecified atom stereocenters. The van der Waals surface area contributed by atoms with Gasteiger partial charge in [0.25, 0.3) is 0 Å². The van der Waals surface area contributed by atoms with E-state index in [9.17, 15) is 0 Å². The largest absolute Gasteiger partial charge is 0.297 e. The lowest BCUT2D eigenvalue weighted by Crippen LogP contribution is -2.62. The predicted octanol–water partition coefficient (Wildman–Crippen LogP) is 8.20. The molecule has 2 saturated carbocycles. The highest BCUT2D eigenvalue weighted by Gasteiger charge is 2.53. The standard InChI is InChI=1S/C30H56N2/c1-27(2,29(17-9-5-10-18-29)31-23-13-7-14-24-31)21-22-28(3,4)30(19-11-6-12-20-30)32-25-15-8-16-26-32/h5-26H2,1-4H3. The lowest BCUT2D eigenvalue weighted by atomic mass is 9.56. The normalized spacial score (nSPS) is 28.5. The SMILES string of the molecule is CC(C)(CCC(C)(C)C1(N2CCCCC2)CCCCC1)C1(N2CCCCC2)CCCCC1. The van der Waals surface area contributed by atoms with Crippen molar-refractivity contribution >= 4 is 0 Å². The summed E-state index contributed by atoms with van der Waals surface area (Å²) in [6, 6.07) is 0. The van der Waals surface area contributed by atoms with Crippen LogP contribution in [0.4, 0.5) is 0 Å². The number of rotatable bonds is 7. The van der Waals surface area contributed by atoms with Crippen molar-refractivity contribution in [3.05, 3.63) is 0 Å². The third kappa shape index (κ3) is 4.71. The van der Waals surface area contributed by atoms with Gasteiger partial charge >= 0.3 is 0 Å². The van der Waals surface area contributed by atoms with E-state index in [2.05, 4.69) is 37.5 Å². The van der Waals surface area contributed by atoms with E-state index in [0.717, 1.165) is 0 Å². The molecule has 0 aromatic heterocycles. The van der Waals surface area contributed by atoms with Gasteiger partial charge < -0.3 is 0 Å². The number of hydrogen-bond acceptors (Lipinski definition) is 2. The van der Waals surface area contributed by atoms with Crippen LogP contribution in [-0.4, -0.2) is 47.1 Å². The summed E-state index contributed by atoms with van der Waals surface area (Å²) in [5.74, 6) is 0. The fraction of sp³-hybridized carbons (Fsp3) is 1.00. The molecule has 186 valence electrons. The van der Waals surface area contributed by atoms with Crippen molar-refractivity contribution in [2.45, 2.75) is 154 Å². The molecular formula is C30H56N2. The molecule has 2 heterocycles. The Morgan fingerprint density at radius 3 is 1.03 bits per heavy atom. The highest BCUT2D eigenvalue weighted by molar-refractivity contribution is 5.08. The van der Waals surface area contributed by atoms with Gasteiger partial charge in [0.15, 0.2) is 0 Å². The van der Waals surface area contributed by atoms with Gasteiger partial charge in [-0.25, -0.2) is 0 Å². The summed E-state index contributed by atoms with van der Waals surface area (Å²) in [6.07, 6.45) is 26.1. The van der Waals surface area contributed by atoms with Crippen molar-refractivity contribution in [2.75, 3.05) is 26.2 Å². The van der Waals surface area contributed by atoms with E-state index >= 15 is 0 Å². The maximum atomic E-state index is 3.00. The Balaban J connectivity index is 1.53. The summed E-state index contributed by atoms with van der Waals surface area (Å²) in [5, 5.41) is 0. The molecule has 4 rings (SSSR count). The molecule has 4 fully saturated rings. The minimum absolute atomic E-state index is 0.416. The second kappa shape index (κ2) is 10.3. The maximum Gasteiger partial charge on any atom is 0.0260 e. The van der Waals surface area contributed by atoms with Gasteiger partial charge in [0.05, 0.1) is 0 Å². The third-order valence-electron chi connectivity index (χ3n) is 11.2. The number of hydrogen-bond donors (Lipinski definition) is 0. The summed E-state index contributed by atoms with van der Waals surface area (Å²) in [4.78, 5) is 6.01. The summed E-state index contributed by atoms with van der Waals surface area (Å²) < 4.78 is 0. The molecule has 0 aromatic rings. The van der Waals surface area contributed by atoms with E-state index in [0.29, 0.717) is 21.9 Å². The Labute approximate surface area is 201 Å². The zero-order chi connectivity index (χ0) is 22.7. The number of nitrogens with zero attached hydrogens (tertiary/aromatic N) is 2. The average Bonchev–Trinajstić information content (AvgIpc) is 2.85. The molecule has 0 atom stereocenters. The Bertz CT molecular complexity index is 516. The van der Waals surface area contributed by atoms with Crippen LogP contribution < -0.4 is 0 Å². The second-order valence-electron chi connectivity index (χ2n) is 13.5. The van der Waals surface area contributed by atoms with Crippen molar-refractivity contribution in [1.82, 2.24) is 9.80 Å². The molecule has 32 heavy (non-hydrogen) atoms. The van der Waals surface area contributed by atoms with Crippen LogP contribution in [0.15, 0.2) is 0 Å². The Morgan fingerprint density at radius 2 is 0.719 bits per heavy atom. The van der Waals surface area contributed by atoms with Crippen molar-refractivity contribution in [3.8, 4) is 0 Å². The Kier molecular flexibility index (Phi) is 8.03. The molecule has 0 N–H and O–H groups in total. The summed E-state index contributed by atoms with van der Waals surface area (Å²) in [6.45, 7) is 16.2. The molecule has 2 nitrogen and oxygen atoms in total. The molecule has 0 amide bonds. The molecule has 4 aliphatic rings. The average molecular weight is 445 g/mol. The molecule has 0 spiro atoms. The Morgan fingerprint density at radius 1 is 0.438 bits per heavy atom. The first kappa shape index (κ1) is 25.0. The fourth-order valence-corrected chi connectivity index (χ4v) is 8.85. The van der Waals surface area contributed by atoms with Gasteiger partial charge in [0, 0.05) is 11.1 Å². The lowest BCUT2D eigenvalue weighted by molar-refractivity contribution is -0.0869. The van der Waals surface area contributed by atoms with Crippen molar-refractivity contribution in [3.63, 3.8) is 0 Å². The van der Waals surface area contributed by atoms with Crippen LogP contribution in [0.25, 0.3) is 0 Å². The van der Waals surface area contributed by atoms with Gasteiger partial charge in [0.2, 0.25) is 0 Å². The topological polar surface area (TPSA) is 6.48 Å². The quantitative estimate of drug-likeness (QED) is 0.390. The minimum Gasteiger partial charge on any atom is -0.297 e. The number of piperidine rings is 2. The van der Waals surface area contributed by atoms with Gasteiger partial charge in [-0.2, -0.15) is 0 Å². The molecule has 0 radical (unpaired) electrons. The van der Waals surface area contributed by atoms with Crippen LogP contribution >= 0.6 is 0 Å². The predicted molar refractivity (Wildman–Crippen MR) is 139 cm³/mol. The first-order valence-corrected chi connectivity index (χ1v) is 14.8. The van der Waals surface area contributed by atoms with Crippen LogP contribution in [0.2, 0.25) is 0 Å². The first-order chi connectivity index (χ1) is 15.3. The zero-order valence-corrected chi connectivity index (χ0v) is 22.5. The molecule has 2 aliphatic heterocycles. The van der Waals surface area contributed by atoms with Crippen LogP contribution in [0, 0.1) is 10.8 Å². The Hall–Kier alpha value is -0.0800. The van der Waals surface area contributed by atoms with Crippen LogP contribution in [-0.2, 0) is 0 Å². The van der Waals surface area contributed by atoms with E-state index in [1.54, 1.807) is 0 Å². The van der Waals surface area contributed by atoms with Gasteiger partial charge in [-0.1, -0.05) is 79.1 Å². The zero-order valence-electron chi connectivity index (χ0n) is 22.5. The summed E-state index contributed by atoms with van der Waals surface area (Å²) >= 11 is 0. The minimum atomic E-state index is 0.416. The summed E-state index contributed by atoms with van der Waals surface area (Å²) in [7, 11) is 0. The van der Waals surface area contributed by atoms with Crippen molar-refractivity contribution in [1.29, 1.82) is 0 Å². The highest BCUT2D eigenvalue weighted by Crippen LogP contribution is 2.55. The summed E-state index contributed by atoms with van der Waals surface area (Å²) in [5.41, 5.74) is 1.76. The maximum absolute atomic E-state index is 3.00. The van der Waals surface area contributed by atoms with Gasteiger partial charge in [-0.05, 0) is 101 Å². The van der Waals surface area contributed by atoms with E-state index < -0.39 is 0 Å². The van der Waals surface area contributed by atoms with Gasteiger partial charge in [-0.15, -0.1) is 0 Å². The van der Waals surface area contributed by atoms with Crippen LogP contribution in [0.5, 0.6) is 0 Å². The first-order valence-electron chi connectivity index (χ1n) is 14.8. The van der Waals surface area contributed by atoms with Gasteiger partial charge in [0.1, 0.15) is 0 Å². The molecule has 2 saturated heterocycles. The molecule has 0 bridgehead atoms. The van der Waals surface area contributed by atoms with Gasteiger partial charge in [-0.3, -0.25) is 9.80 Å². The number of likely N-dealkylation sites (tertiary alicyclic amines) is 2. The fourth-order valence-electron chi connectivity index (χ4n) is 8.85. The van der Waals surface area contributed by atoms with Crippen molar-refractivity contribution in [2.24, 2.45) is 10.8 Å². The molecular weight excluding hydrogens is 388 g/mol. The van der Waals surface area contributed by atoms with E-state index in [4.69, 9.17) is 0 Å².